The van der Waals surface area contributed by atoms with Gasteiger partial charge in [-0.1, -0.05) is 140 Å². The van der Waals surface area contributed by atoms with E-state index in [0.29, 0.717) is 0 Å². The van der Waals surface area contributed by atoms with Gasteiger partial charge < -0.3 is 9.47 Å². The maximum atomic E-state index is 2.36. The van der Waals surface area contributed by atoms with E-state index in [1.165, 1.54) is 65.6 Å². The summed E-state index contributed by atoms with van der Waals surface area (Å²) in [4.78, 5) is 2.33. The number of anilines is 3. The van der Waals surface area contributed by atoms with Gasteiger partial charge in [0.15, 0.2) is 0 Å². The number of rotatable bonds is 6. The number of nitrogens with zero attached hydrogens (tertiary/aromatic N) is 2. The van der Waals surface area contributed by atoms with E-state index in [4.69, 9.17) is 0 Å². The molecule has 0 aliphatic rings. The van der Waals surface area contributed by atoms with Crippen LogP contribution in [0.5, 0.6) is 0 Å². The van der Waals surface area contributed by atoms with E-state index in [2.05, 4.69) is 216 Å². The summed E-state index contributed by atoms with van der Waals surface area (Å²) in [6.07, 6.45) is 0. The van der Waals surface area contributed by atoms with Gasteiger partial charge in [0.1, 0.15) is 0 Å². The van der Waals surface area contributed by atoms with Crippen molar-refractivity contribution in [3.8, 4) is 27.9 Å². The van der Waals surface area contributed by atoms with Crippen LogP contribution < -0.4 is 4.90 Å². The minimum Gasteiger partial charge on any atom is -0.311 e. The van der Waals surface area contributed by atoms with Crippen molar-refractivity contribution in [3.05, 3.63) is 206 Å². The Labute approximate surface area is 303 Å². The van der Waals surface area contributed by atoms with Crippen LogP contribution in [0.25, 0.3) is 71.3 Å². The zero-order chi connectivity index (χ0) is 34.4. The van der Waals surface area contributed by atoms with Crippen molar-refractivity contribution in [1.29, 1.82) is 0 Å². The minimum atomic E-state index is 1.11. The Bertz CT molecular complexity index is 2810. The van der Waals surface area contributed by atoms with Crippen LogP contribution in [0.1, 0.15) is 0 Å². The van der Waals surface area contributed by atoms with E-state index in [9.17, 15) is 0 Å². The maximum absolute atomic E-state index is 2.36. The fourth-order valence-electron chi connectivity index (χ4n) is 7.91. The molecule has 52 heavy (non-hydrogen) atoms. The molecule has 244 valence electrons. The van der Waals surface area contributed by atoms with E-state index in [1.54, 1.807) is 0 Å². The topological polar surface area (TPSA) is 8.17 Å². The van der Waals surface area contributed by atoms with Gasteiger partial charge in [0.2, 0.25) is 0 Å². The lowest BCUT2D eigenvalue weighted by Crippen LogP contribution is -2.09. The molecule has 0 amide bonds. The highest BCUT2D eigenvalue weighted by molar-refractivity contribution is 6.14. The molecule has 0 unspecified atom stereocenters. The average Bonchev–Trinajstić information content (AvgIpc) is 3.56. The summed E-state index contributed by atoms with van der Waals surface area (Å²) in [7, 11) is 0. The Balaban J connectivity index is 0.989. The third-order valence-electron chi connectivity index (χ3n) is 10.4. The lowest BCUT2D eigenvalue weighted by atomic mass is 9.93. The third kappa shape index (κ3) is 5.04. The van der Waals surface area contributed by atoms with Gasteiger partial charge in [-0.25, -0.2) is 0 Å². The highest BCUT2D eigenvalue weighted by Crippen LogP contribution is 2.39. The molecule has 2 nitrogen and oxygen atoms in total. The van der Waals surface area contributed by atoms with E-state index in [-0.39, 0.29) is 0 Å². The molecule has 0 saturated carbocycles. The molecule has 0 spiro atoms. The summed E-state index contributed by atoms with van der Waals surface area (Å²) in [5, 5.41) is 7.65. The van der Waals surface area contributed by atoms with Crippen molar-refractivity contribution < 1.29 is 0 Å². The summed E-state index contributed by atoms with van der Waals surface area (Å²) in [5.41, 5.74) is 11.8. The van der Waals surface area contributed by atoms with Crippen LogP contribution in [-0.4, -0.2) is 4.57 Å². The molecule has 9 aromatic carbocycles. The molecule has 0 fully saturated rings. The fourth-order valence-corrected chi connectivity index (χ4v) is 7.91. The summed E-state index contributed by atoms with van der Waals surface area (Å²) < 4.78 is 2.36. The largest absolute Gasteiger partial charge is 0.311 e. The molecule has 0 N–H and O–H groups in total. The second-order valence-corrected chi connectivity index (χ2v) is 13.4. The van der Waals surface area contributed by atoms with E-state index >= 15 is 0 Å². The normalized spacial score (nSPS) is 11.5. The molecule has 10 rings (SSSR count). The molecule has 0 aliphatic carbocycles. The van der Waals surface area contributed by atoms with Gasteiger partial charge in [-0.05, 0) is 111 Å². The van der Waals surface area contributed by atoms with Crippen LogP contribution in [0.15, 0.2) is 206 Å². The number of aromatic nitrogens is 1. The zero-order valence-electron chi connectivity index (χ0n) is 28.5. The Hall–Kier alpha value is -6.90. The summed E-state index contributed by atoms with van der Waals surface area (Å²) in [6.45, 7) is 0. The van der Waals surface area contributed by atoms with E-state index in [1.807, 2.05) is 0 Å². The van der Waals surface area contributed by atoms with Crippen molar-refractivity contribution in [3.63, 3.8) is 0 Å². The van der Waals surface area contributed by atoms with Gasteiger partial charge >= 0.3 is 0 Å². The minimum absolute atomic E-state index is 1.11. The molecule has 10 aromatic rings. The smallest absolute Gasteiger partial charge is 0.0541 e. The van der Waals surface area contributed by atoms with Crippen LogP contribution in [0.2, 0.25) is 0 Å². The highest BCUT2D eigenvalue weighted by Gasteiger charge is 2.15. The predicted molar refractivity (Wildman–Crippen MR) is 221 cm³/mol. The van der Waals surface area contributed by atoms with Crippen molar-refractivity contribution in [2.75, 3.05) is 4.90 Å². The molecule has 1 aromatic heterocycles. The van der Waals surface area contributed by atoms with Crippen LogP contribution in [0.4, 0.5) is 17.1 Å². The third-order valence-corrected chi connectivity index (χ3v) is 10.4. The number of fused-ring (bicyclic) bond motifs is 6. The molecule has 0 saturated heterocycles. The van der Waals surface area contributed by atoms with Crippen LogP contribution in [-0.2, 0) is 0 Å². The van der Waals surface area contributed by atoms with E-state index < -0.39 is 0 Å². The Kier molecular flexibility index (Phi) is 7.18. The molecule has 0 atom stereocenters. The first-order valence-electron chi connectivity index (χ1n) is 17.9. The van der Waals surface area contributed by atoms with Crippen LogP contribution in [0, 0.1) is 0 Å². The molecule has 1 heterocycles. The van der Waals surface area contributed by atoms with Gasteiger partial charge in [0.25, 0.3) is 0 Å². The number of para-hydroxylation sites is 3. The van der Waals surface area contributed by atoms with Crippen molar-refractivity contribution in [1.82, 2.24) is 4.57 Å². The van der Waals surface area contributed by atoms with Gasteiger partial charge in [-0.3, -0.25) is 0 Å². The number of benzene rings is 9. The Morgan fingerprint density at radius 2 is 0.750 bits per heavy atom. The molecular weight excluding hydrogens is 629 g/mol. The summed E-state index contributed by atoms with van der Waals surface area (Å²) in [6, 6.07) is 74.5. The monoisotopic (exact) mass is 662 g/mol. The predicted octanol–water partition coefficient (Wildman–Crippen LogP) is 13.9. The van der Waals surface area contributed by atoms with Gasteiger partial charge in [-0.15, -0.1) is 0 Å². The van der Waals surface area contributed by atoms with Crippen LogP contribution in [0.3, 0.4) is 0 Å². The molecule has 0 radical (unpaired) electrons. The standard InChI is InChI=1S/C50H34N2/c1-2-13-39(14-3-1)51(41-32-26-37(27-33-41)48-34-38-12-4-5-15-43(38)44-16-6-7-17-45(44)48)40-28-22-35(23-29-40)36-24-30-42(31-25-36)52-49-20-10-8-18-46(49)47-19-9-11-21-50(47)52/h1-34H. The quantitative estimate of drug-likeness (QED) is 0.161. The first-order valence-corrected chi connectivity index (χ1v) is 17.9. The molecule has 2 heteroatoms. The highest BCUT2D eigenvalue weighted by atomic mass is 15.1. The SMILES string of the molecule is c1ccc(N(c2ccc(-c3ccc(-n4c5ccccc5c5ccccc54)cc3)cc2)c2ccc(-c3cc4ccccc4c4ccccc34)cc2)cc1. The van der Waals surface area contributed by atoms with Crippen molar-refractivity contribution in [2.24, 2.45) is 0 Å². The Morgan fingerprint density at radius 3 is 1.37 bits per heavy atom. The first-order chi connectivity index (χ1) is 25.8. The van der Waals surface area contributed by atoms with Gasteiger partial charge in [-0.2, -0.15) is 0 Å². The Morgan fingerprint density at radius 1 is 0.308 bits per heavy atom. The molecular formula is C50H34N2. The second-order valence-electron chi connectivity index (χ2n) is 13.4. The summed E-state index contributed by atoms with van der Waals surface area (Å²) >= 11 is 0. The van der Waals surface area contributed by atoms with Gasteiger partial charge in [0.05, 0.1) is 11.0 Å². The van der Waals surface area contributed by atoms with Crippen molar-refractivity contribution in [2.45, 2.75) is 0 Å². The summed E-state index contributed by atoms with van der Waals surface area (Å²) in [5.74, 6) is 0. The van der Waals surface area contributed by atoms with E-state index in [0.717, 1.165) is 22.7 Å². The van der Waals surface area contributed by atoms with Gasteiger partial charge in [0, 0.05) is 33.5 Å². The average molecular weight is 663 g/mol. The van der Waals surface area contributed by atoms with Crippen molar-refractivity contribution >= 4 is 60.4 Å². The molecule has 0 bridgehead atoms. The zero-order valence-corrected chi connectivity index (χ0v) is 28.5. The lowest BCUT2D eigenvalue weighted by molar-refractivity contribution is 1.18. The lowest BCUT2D eigenvalue weighted by Gasteiger charge is -2.26. The fraction of sp³-hybridized carbons (Fsp3) is 0. The van der Waals surface area contributed by atoms with Crippen LogP contribution >= 0.6 is 0 Å². The number of hydrogen-bond acceptors (Lipinski definition) is 1. The second kappa shape index (κ2) is 12.5. The maximum Gasteiger partial charge on any atom is 0.0541 e. The molecule has 0 aliphatic heterocycles. The number of hydrogen-bond donors (Lipinski definition) is 0. The first kappa shape index (κ1) is 30.0.